The second-order valence-electron chi connectivity index (χ2n) is 5.82. The smallest absolute Gasteiger partial charge is 0.337 e. The molecule has 0 spiro atoms. The fourth-order valence-corrected chi connectivity index (χ4v) is 1.96. The van der Waals surface area contributed by atoms with E-state index >= 15 is 0 Å². The summed E-state index contributed by atoms with van der Waals surface area (Å²) in [6, 6.07) is 3.25. The molecule has 0 saturated heterocycles. The lowest BCUT2D eigenvalue weighted by Gasteiger charge is -2.15. The number of nitrogens with two attached hydrogens (primary N) is 1. The third-order valence-corrected chi connectivity index (χ3v) is 3.50. The molecule has 0 aromatic heterocycles. The van der Waals surface area contributed by atoms with Gasteiger partial charge in [0.25, 0.3) is 0 Å². The highest BCUT2D eigenvalue weighted by Crippen LogP contribution is 2.17. The molecule has 0 aliphatic rings. The van der Waals surface area contributed by atoms with Gasteiger partial charge in [-0.15, -0.1) is 0 Å². The molecule has 9 nitrogen and oxygen atoms in total. The number of hydrogen-bond acceptors (Lipinski definition) is 7. The van der Waals surface area contributed by atoms with Crippen molar-refractivity contribution in [2.24, 2.45) is 11.7 Å². The molecule has 1 atom stereocenters. The SMILES string of the molecule is COC(=O)c1cc(NC(=O)CNC(=O)[C@@H](N)C(C)C)cc(C(=O)OC)c1. The summed E-state index contributed by atoms with van der Waals surface area (Å²) in [6.45, 7) is 3.27. The quantitative estimate of drug-likeness (QED) is 0.591. The molecule has 0 heterocycles. The van der Waals surface area contributed by atoms with E-state index < -0.39 is 29.8 Å². The lowest BCUT2D eigenvalue weighted by Crippen LogP contribution is -2.46. The number of hydrogen-bond donors (Lipinski definition) is 3. The molecule has 0 bridgehead atoms. The van der Waals surface area contributed by atoms with Crippen LogP contribution < -0.4 is 16.4 Å². The Kier molecular flexibility index (Phi) is 7.73. The largest absolute Gasteiger partial charge is 0.465 e. The van der Waals surface area contributed by atoms with Crippen molar-refractivity contribution in [1.29, 1.82) is 0 Å². The molecule has 142 valence electrons. The maximum Gasteiger partial charge on any atom is 0.337 e. The summed E-state index contributed by atoms with van der Waals surface area (Å²) in [4.78, 5) is 47.2. The van der Waals surface area contributed by atoms with Gasteiger partial charge in [0.05, 0.1) is 37.9 Å². The minimum atomic E-state index is -0.726. The molecule has 9 heteroatoms. The van der Waals surface area contributed by atoms with E-state index in [9.17, 15) is 19.2 Å². The van der Waals surface area contributed by atoms with Crippen molar-refractivity contribution in [3.8, 4) is 0 Å². The molecule has 1 rings (SSSR count). The number of amides is 2. The molecule has 0 saturated carbocycles. The van der Waals surface area contributed by atoms with Crippen LogP contribution in [0.15, 0.2) is 18.2 Å². The Morgan fingerprint density at radius 3 is 1.92 bits per heavy atom. The van der Waals surface area contributed by atoms with Gasteiger partial charge < -0.3 is 25.8 Å². The first-order chi connectivity index (χ1) is 12.2. The second-order valence-corrected chi connectivity index (χ2v) is 5.82. The van der Waals surface area contributed by atoms with Gasteiger partial charge in [0.15, 0.2) is 0 Å². The van der Waals surface area contributed by atoms with E-state index in [2.05, 4.69) is 20.1 Å². The van der Waals surface area contributed by atoms with Gasteiger partial charge in [0.2, 0.25) is 11.8 Å². The van der Waals surface area contributed by atoms with Crippen molar-refractivity contribution in [3.05, 3.63) is 29.3 Å². The van der Waals surface area contributed by atoms with Crippen molar-refractivity contribution in [2.45, 2.75) is 19.9 Å². The number of carbonyl (C=O) groups is 4. The van der Waals surface area contributed by atoms with Gasteiger partial charge in [-0.3, -0.25) is 9.59 Å². The van der Waals surface area contributed by atoms with Crippen LogP contribution in [0.3, 0.4) is 0 Å². The highest BCUT2D eigenvalue weighted by molar-refractivity contribution is 6.00. The van der Waals surface area contributed by atoms with E-state index in [1.165, 1.54) is 32.4 Å². The number of methoxy groups -OCH3 is 2. The van der Waals surface area contributed by atoms with Crippen LogP contribution in [-0.2, 0) is 19.1 Å². The van der Waals surface area contributed by atoms with Crippen LogP contribution in [0, 0.1) is 5.92 Å². The zero-order valence-electron chi connectivity index (χ0n) is 15.1. The number of anilines is 1. The number of carbonyl (C=O) groups excluding carboxylic acids is 4. The molecule has 26 heavy (non-hydrogen) atoms. The lowest BCUT2D eigenvalue weighted by atomic mass is 10.1. The van der Waals surface area contributed by atoms with Gasteiger partial charge in [0.1, 0.15) is 0 Å². The molecule has 0 fully saturated rings. The third-order valence-electron chi connectivity index (χ3n) is 3.50. The van der Waals surface area contributed by atoms with E-state index in [0.717, 1.165) is 0 Å². The number of esters is 2. The Balaban J connectivity index is 2.87. The van der Waals surface area contributed by atoms with Crippen molar-refractivity contribution >= 4 is 29.4 Å². The topological polar surface area (TPSA) is 137 Å². The zero-order valence-corrected chi connectivity index (χ0v) is 15.1. The van der Waals surface area contributed by atoms with Crippen LogP contribution in [0.2, 0.25) is 0 Å². The van der Waals surface area contributed by atoms with Crippen molar-refractivity contribution in [2.75, 3.05) is 26.1 Å². The van der Waals surface area contributed by atoms with Crippen LogP contribution in [0.4, 0.5) is 5.69 Å². The molecule has 4 N–H and O–H groups in total. The Labute approximate surface area is 151 Å². The molecule has 0 unspecified atom stereocenters. The Morgan fingerprint density at radius 1 is 1.00 bits per heavy atom. The van der Waals surface area contributed by atoms with Gasteiger partial charge in [-0.2, -0.15) is 0 Å². The summed E-state index contributed by atoms with van der Waals surface area (Å²) in [5, 5.41) is 4.92. The Morgan fingerprint density at radius 2 is 1.50 bits per heavy atom. The predicted octanol–water partition coefficient (Wildman–Crippen LogP) is 0.298. The Bertz CT molecular complexity index is 667. The van der Waals surface area contributed by atoms with E-state index in [0.29, 0.717) is 0 Å². The fourth-order valence-electron chi connectivity index (χ4n) is 1.96. The Hall–Kier alpha value is -2.94. The summed E-state index contributed by atoms with van der Waals surface area (Å²) in [6.07, 6.45) is 0. The molecule has 0 aliphatic heterocycles. The first-order valence-electron chi connectivity index (χ1n) is 7.84. The van der Waals surface area contributed by atoms with E-state index in [-0.39, 0.29) is 29.3 Å². The molecule has 0 radical (unpaired) electrons. The number of nitrogens with one attached hydrogen (secondary N) is 2. The standard InChI is InChI=1S/C17H23N3O6/c1-9(2)14(18)15(22)19-8-13(21)20-12-6-10(16(23)25-3)5-11(7-12)17(24)26-4/h5-7,9,14H,8,18H2,1-4H3,(H,19,22)(H,20,21)/t14-/m0/s1. The normalized spacial score (nSPS) is 11.5. The highest BCUT2D eigenvalue weighted by Gasteiger charge is 2.18. The van der Waals surface area contributed by atoms with Gasteiger partial charge in [-0.1, -0.05) is 13.8 Å². The summed E-state index contributed by atoms with van der Waals surface area (Å²) >= 11 is 0. The van der Waals surface area contributed by atoms with Crippen LogP contribution in [0.5, 0.6) is 0 Å². The first-order valence-corrected chi connectivity index (χ1v) is 7.84. The number of ether oxygens (including phenoxy) is 2. The monoisotopic (exact) mass is 365 g/mol. The van der Waals surface area contributed by atoms with Gasteiger partial charge >= 0.3 is 11.9 Å². The van der Waals surface area contributed by atoms with Crippen LogP contribution in [0.25, 0.3) is 0 Å². The van der Waals surface area contributed by atoms with Gasteiger partial charge in [-0.05, 0) is 24.1 Å². The molecule has 1 aromatic rings. The third kappa shape index (κ3) is 5.85. The van der Waals surface area contributed by atoms with Crippen LogP contribution >= 0.6 is 0 Å². The first kappa shape index (κ1) is 21.1. The van der Waals surface area contributed by atoms with Crippen molar-refractivity contribution in [1.82, 2.24) is 5.32 Å². The highest BCUT2D eigenvalue weighted by atomic mass is 16.5. The second kappa shape index (κ2) is 9.52. The van der Waals surface area contributed by atoms with Gasteiger partial charge in [-0.25, -0.2) is 9.59 Å². The van der Waals surface area contributed by atoms with E-state index in [1.54, 1.807) is 13.8 Å². The molecule has 1 aromatic carbocycles. The van der Waals surface area contributed by atoms with E-state index in [1.807, 2.05) is 0 Å². The fraction of sp³-hybridized carbons (Fsp3) is 0.412. The van der Waals surface area contributed by atoms with Crippen molar-refractivity contribution < 1.29 is 28.7 Å². The molecule has 0 aliphatic carbocycles. The minimum Gasteiger partial charge on any atom is -0.465 e. The molecular weight excluding hydrogens is 342 g/mol. The van der Waals surface area contributed by atoms with Crippen LogP contribution in [0.1, 0.15) is 34.6 Å². The summed E-state index contributed by atoms with van der Waals surface area (Å²) in [5.74, 6) is -2.43. The summed E-state index contributed by atoms with van der Waals surface area (Å²) < 4.78 is 9.24. The summed E-state index contributed by atoms with van der Waals surface area (Å²) in [5.41, 5.74) is 6.00. The zero-order chi connectivity index (χ0) is 19.9. The number of rotatable bonds is 7. The van der Waals surface area contributed by atoms with Gasteiger partial charge in [0, 0.05) is 5.69 Å². The van der Waals surface area contributed by atoms with Crippen LogP contribution in [-0.4, -0.2) is 50.6 Å². The van der Waals surface area contributed by atoms with Crippen molar-refractivity contribution in [3.63, 3.8) is 0 Å². The summed E-state index contributed by atoms with van der Waals surface area (Å²) in [7, 11) is 2.39. The lowest BCUT2D eigenvalue weighted by molar-refractivity contribution is -0.125. The minimum absolute atomic E-state index is 0.0663. The maximum absolute atomic E-state index is 12.0. The molecular formula is C17H23N3O6. The molecule has 2 amide bonds. The van der Waals surface area contributed by atoms with E-state index in [4.69, 9.17) is 5.73 Å². The number of benzene rings is 1. The maximum atomic E-state index is 12.0. The average Bonchev–Trinajstić information content (AvgIpc) is 2.63. The average molecular weight is 365 g/mol. The predicted molar refractivity (Wildman–Crippen MR) is 93.6 cm³/mol.